The van der Waals surface area contributed by atoms with Crippen LogP contribution in [-0.2, 0) is 12.8 Å². The van der Waals surface area contributed by atoms with Crippen LogP contribution in [-0.4, -0.2) is 25.9 Å². The van der Waals surface area contributed by atoms with E-state index in [2.05, 4.69) is 4.98 Å². The lowest BCUT2D eigenvalue weighted by molar-refractivity contribution is -0.384. The van der Waals surface area contributed by atoms with Gasteiger partial charge in [0.15, 0.2) is 5.16 Å². The number of benzene rings is 2. The topological polar surface area (TPSA) is 88.9 Å². The Morgan fingerprint density at radius 2 is 1.86 bits per heavy atom. The fraction of sp³-hybridized carbons (Fsp3) is 0.280. The Balaban J connectivity index is 1.39. The van der Waals surface area contributed by atoms with E-state index in [4.69, 9.17) is 16.6 Å². The van der Waals surface area contributed by atoms with Crippen molar-refractivity contribution in [2.75, 3.05) is 5.75 Å². The van der Waals surface area contributed by atoms with E-state index in [0.717, 1.165) is 46.4 Å². The first-order valence-electron chi connectivity index (χ1n) is 11.3. The van der Waals surface area contributed by atoms with Crippen molar-refractivity contribution in [2.24, 2.45) is 0 Å². The average molecular weight is 544 g/mol. The van der Waals surface area contributed by atoms with Gasteiger partial charge in [0.2, 0.25) is 0 Å². The van der Waals surface area contributed by atoms with Crippen LogP contribution < -0.4 is 5.56 Å². The highest BCUT2D eigenvalue weighted by atomic mass is 35.5. The zero-order valence-electron chi connectivity index (χ0n) is 18.6. The number of halogens is 1. The summed E-state index contributed by atoms with van der Waals surface area (Å²) in [5.41, 5.74) is 2.16. The smallest absolute Gasteiger partial charge is 0.269 e. The number of nitrogens with zero attached hydrogens (tertiary/aromatic N) is 2. The van der Waals surface area contributed by atoms with Crippen molar-refractivity contribution in [3.8, 4) is 0 Å². The normalized spacial score (nSPS) is 15.0. The van der Waals surface area contributed by atoms with Crippen LogP contribution in [0.3, 0.4) is 0 Å². The number of fused-ring (bicyclic) bond motifs is 3. The molecule has 0 saturated carbocycles. The molecule has 1 aliphatic carbocycles. The molecule has 2 atom stereocenters. The summed E-state index contributed by atoms with van der Waals surface area (Å²) in [6.07, 6.45) is 4.26. The summed E-state index contributed by atoms with van der Waals surface area (Å²) in [7, 11) is 0. The molecule has 0 spiro atoms. The van der Waals surface area contributed by atoms with Crippen molar-refractivity contribution in [2.45, 2.75) is 46.4 Å². The molecule has 1 aliphatic rings. The first kappa shape index (κ1) is 24.4. The fourth-order valence-corrected chi connectivity index (χ4v) is 8.27. The summed E-state index contributed by atoms with van der Waals surface area (Å²) in [5, 5.41) is 12.0. The number of hydrogen-bond donors (Lipinski definition) is 1. The standard InChI is InChI=1S/C25H22ClN3O3S3/c26-22(15-6-2-1-3-7-15)20(34-17-12-10-16(11-13-17)29(31)32)14-33-25-27-23(30)21-18-8-4-5-9-19(18)35-24(21)28-25/h1-3,6-7,10-13,20,22H,4-5,8-9,14H2,(H,27,28,30). The van der Waals surface area contributed by atoms with E-state index < -0.39 is 4.92 Å². The van der Waals surface area contributed by atoms with Crippen molar-refractivity contribution >= 4 is 62.4 Å². The van der Waals surface area contributed by atoms with E-state index in [-0.39, 0.29) is 21.9 Å². The van der Waals surface area contributed by atoms with Crippen LogP contribution in [0, 0.1) is 10.1 Å². The van der Waals surface area contributed by atoms with Crippen molar-refractivity contribution in [1.29, 1.82) is 0 Å². The van der Waals surface area contributed by atoms with Gasteiger partial charge in [-0.05, 0) is 48.9 Å². The van der Waals surface area contributed by atoms with Crippen LogP contribution >= 0.6 is 46.5 Å². The molecule has 180 valence electrons. The molecule has 35 heavy (non-hydrogen) atoms. The molecule has 0 fully saturated rings. The number of aromatic nitrogens is 2. The van der Waals surface area contributed by atoms with Gasteiger partial charge in [0.1, 0.15) is 4.83 Å². The van der Waals surface area contributed by atoms with Gasteiger partial charge in [-0.15, -0.1) is 34.7 Å². The number of hydrogen-bond acceptors (Lipinski definition) is 7. The number of rotatable bonds is 8. The Hall–Kier alpha value is -2.33. The van der Waals surface area contributed by atoms with E-state index in [0.29, 0.717) is 10.9 Å². The third kappa shape index (κ3) is 5.43. The van der Waals surface area contributed by atoms with Crippen LogP contribution in [0.15, 0.2) is 69.4 Å². The first-order chi connectivity index (χ1) is 17.0. The zero-order chi connectivity index (χ0) is 24.4. The lowest BCUT2D eigenvalue weighted by Crippen LogP contribution is -2.15. The summed E-state index contributed by atoms with van der Waals surface area (Å²) in [6, 6.07) is 16.4. The zero-order valence-corrected chi connectivity index (χ0v) is 21.8. The third-order valence-corrected chi connectivity index (χ3v) is 10.3. The van der Waals surface area contributed by atoms with Gasteiger partial charge in [0.25, 0.3) is 11.2 Å². The molecule has 2 aromatic heterocycles. The van der Waals surface area contributed by atoms with Crippen molar-refractivity contribution in [1.82, 2.24) is 9.97 Å². The number of nitro benzene ring substituents is 1. The van der Waals surface area contributed by atoms with E-state index in [9.17, 15) is 14.9 Å². The van der Waals surface area contributed by atoms with Crippen molar-refractivity contribution in [3.63, 3.8) is 0 Å². The lowest BCUT2D eigenvalue weighted by Gasteiger charge is -2.22. The maximum atomic E-state index is 12.9. The number of H-pyrrole nitrogens is 1. The van der Waals surface area contributed by atoms with E-state index in [1.807, 2.05) is 30.3 Å². The van der Waals surface area contributed by atoms with E-state index >= 15 is 0 Å². The quantitative estimate of drug-likeness (QED) is 0.0845. The highest BCUT2D eigenvalue weighted by Gasteiger charge is 2.25. The Labute approximate surface area is 219 Å². The Morgan fingerprint density at radius 3 is 2.60 bits per heavy atom. The summed E-state index contributed by atoms with van der Waals surface area (Å²) >= 11 is 11.6. The summed E-state index contributed by atoms with van der Waals surface area (Å²) < 4.78 is 0. The van der Waals surface area contributed by atoms with Crippen molar-refractivity contribution < 1.29 is 4.92 Å². The second-order valence-electron chi connectivity index (χ2n) is 8.29. The maximum absolute atomic E-state index is 12.9. The molecule has 0 radical (unpaired) electrons. The van der Waals surface area contributed by atoms with Gasteiger partial charge in [0.05, 0.1) is 15.7 Å². The van der Waals surface area contributed by atoms with Gasteiger partial charge in [-0.3, -0.25) is 14.9 Å². The molecule has 6 nitrogen and oxygen atoms in total. The summed E-state index contributed by atoms with van der Waals surface area (Å²) in [6.45, 7) is 0. The van der Waals surface area contributed by atoms with Gasteiger partial charge in [-0.1, -0.05) is 42.1 Å². The second kappa shape index (κ2) is 10.7. The largest absolute Gasteiger partial charge is 0.301 e. The van der Waals surface area contributed by atoms with E-state index in [1.54, 1.807) is 35.2 Å². The second-order valence-corrected chi connectivity index (χ2v) is 12.2. The predicted octanol–water partition coefficient (Wildman–Crippen LogP) is 7.00. The summed E-state index contributed by atoms with van der Waals surface area (Å²) in [5.74, 6) is 0.601. The van der Waals surface area contributed by atoms with Crippen LogP contribution in [0.5, 0.6) is 0 Å². The number of non-ortho nitro benzene ring substituents is 1. The molecular formula is C25H22ClN3O3S3. The number of aryl methyl sites for hydroxylation is 2. The average Bonchev–Trinajstić information content (AvgIpc) is 3.26. The van der Waals surface area contributed by atoms with Crippen LogP contribution in [0.1, 0.15) is 34.2 Å². The van der Waals surface area contributed by atoms with Gasteiger partial charge >= 0.3 is 0 Å². The van der Waals surface area contributed by atoms with Gasteiger partial charge in [-0.25, -0.2) is 4.98 Å². The number of alkyl halides is 1. The monoisotopic (exact) mass is 543 g/mol. The SMILES string of the molecule is O=c1[nH]c(SCC(Sc2ccc([N+](=O)[O-])cc2)C(Cl)c2ccccc2)nc2sc3c(c12)CCCC3. The van der Waals surface area contributed by atoms with Gasteiger partial charge in [-0.2, -0.15) is 0 Å². The Morgan fingerprint density at radius 1 is 1.11 bits per heavy atom. The molecule has 2 aromatic carbocycles. The Bertz CT molecular complexity index is 1410. The van der Waals surface area contributed by atoms with E-state index in [1.165, 1.54) is 34.3 Å². The van der Waals surface area contributed by atoms with Gasteiger partial charge < -0.3 is 4.98 Å². The number of aromatic amines is 1. The third-order valence-electron chi connectivity index (χ3n) is 5.97. The number of thiophene rings is 1. The predicted molar refractivity (Wildman–Crippen MR) is 145 cm³/mol. The maximum Gasteiger partial charge on any atom is 0.269 e. The molecule has 10 heteroatoms. The molecule has 0 amide bonds. The summed E-state index contributed by atoms with van der Waals surface area (Å²) in [4.78, 5) is 34.3. The molecule has 0 saturated heterocycles. The molecule has 4 aromatic rings. The molecule has 2 unspecified atom stereocenters. The minimum atomic E-state index is -0.406. The fourth-order valence-electron chi connectivity index (χ4n) is 4.22. The molecule has 0 aliphatic heterocycles. The molecule has 0 bridgehead atoms. The number of thioether (sulfide) groups is 2. The highest BCUT2D eigenvalue weighted by molar-refractivity contribution is 8.03. The number of nitro groups is 1. The van der Waals surface area contributed by atoms with Crippen LogP contribution in [0.25, 0.3) is 10.2 Å². The number of nitrogens with one attached hydrogen (secondary N) is 1. The highest BCUT2D eigenvalue weighted by Crippen LogP contribution is 2.40. The van der Waals surface area contributed by atoms with Gasteiger partial charge in [0, 0.05) is 32.9 Å². The minimum Gasteiger partial charge on any atom is -0.301 e. The van der Waals surface area contributed by atoms with Crippen LogP contribution in [0.2, 0.25) is 0 Å². The molecule has 2 heterocycles. The van der Waals surface area contributed by atoms with Crippen molar-refractivity contribution in [3.05, 3.63) is 91.1 Å². The lowest BCUT2D eigenvalue weighted by atomic mass is 9.97. The molecular weight excluding hydrogens is 522 g/mol. The minimum absolute atomic E-state index is 0.0551. The van der Waals surface area contributed by atoms with Crippen LogP contribution in [0.4, 0.5) is 5.69 Å². The Kier molecular flexibility index (Phi) is 7.48. The molecule has 5 rings (SSSR count). The first-order valence-corrected chi connectivity index (χ1v) is 14.4. The molecule has 1 N–H and O–H groups in total.